The molecule has 1 aliphatic carbocycles. The Balaban J connectivity index is 2.26. The molecule has 16 heavy (non-hydrogen) atoms. The minimum Gasteiger partial charge on any atom is -0.488 e. The lowest BCUT2D eigenvalue weighted by atomic mass is 10.2. The van der Waals surface area contributed by atoms with Gasteiger partial charge in [0.25, 0.3) is 0 Å². The highest BCUT2D eigenvalue weighted by molar-refractivity contribution is 5.30. The quantitative estimate of drug-likeness (QED) is 0.868. The molecular formula is C10H11F3N2O. The first kappa shape index (κ1) is 11.2. The Kier molecular flexibility index (Phi) is 2.75. The van der Waals surface area contributed by atoms with E-state index in [0.29, 0.717) is 5.75 Å². The van der Waals surface area contributed by atoms with Crippen LogP contribution in [0.2, 0.25) is 0 Å². The molecule has 0 aromatic carbocycles. The third kappa shape index (κ3) is 2.44. The SMILES string of the molecule is NCc1nc(C(F)(F)F)ccc1OC1CC1. The van der Waals surface area contributed by atoms with E-state index in [9.17, 15) is 13.2 Å². The summed E-state index contributed by atoms with van der Waals surface area (Å²) in [5.41, 5.74) is 4.57. The van der Waals surface area contributed by atoms with Crippen LogP contribution >= 0.6 is 0 Å². The third-order valence-electron chi connectivity index (χ3n) is 2.23. The summed E-state index contributed by atoms with van der Waals surface area (Å²) in [6.45, 7) is -0.0635. The van der Waals surface area contributed by atoms with E-state index in [-0.39, 0.29) is 18.3 Å². The lowest BCUT2D eigenvalue weighted by Gasteiger charge is -2.11. The Labute approximate surface area is 90.4 Å². The number of pyridine rings is 1. The van der Waals surface area contributed by atoms with E-state index in [4.69, 9.17) is 10.5 Å². The molecule has 0 saturated heterocycles. The first-order chi connectivity index (χ1) is 7.50. The summed E-state index contributed by atoms with van der Waals surface area (Å²) < 4.78 is 42.5. The molecule has 0 atom stereocenters. The number of ether oxygens (including phenoxy) is 1. The van der Waals surface area contributed by atoms with Crippen molar-refractivity contribution >= 4 is 0 Å². The van der Waals surface area contributed by atoms with Crippen LogP contribution in [0.3, 0.4) is 0 Å². The van der Waals surface area contributed by atoms with Crippen molar-refractivity contribution < 1.29 is 17.9 Å². The first-order valence-electron chi connectivity index (χ1n) is 4.94. The minimum absolute atomic E-state index is 0.0635. The van der Waals surface area contributed by atoms with E-state index in [0.717, 1.165) is 18.9 Å². The van der Waals surface area contributed by atoms with E-state index < -0.39 is 11.9 Å². The fourth-order valence-electron chi connectivity index (χ4n) is 1.27. The summed E-state index contributed by atoms with van der Waals surface area (Å²) >= 11 is 0. The molecule has 1 heterocycles. The number of nitrogens with zero attached hydrogens (tertiary/aromatic N) is 1. The van der Waals surface area contributed by atoms with Gasteiger partial charge >= 0.3 is 6.18 Å². The molecule has 0 radical (unpaired) electrons. The molecule has 3 nitrogen and oxygen atoms in total. The van der Waals surface area contributed by atoms with Gasteiger partial charge in [-0.3, -0.25) is 0 Å². The number of halogens is 3. The molecule has 6 heteroatoms. The first-order valence-corrected chi connectivity index (χ1v) is 4.94. The molecule has 0 aliphatic heterocycles. The van der Waals surface area contributed by atoms with Gasteiger partial charge in [-0.25, -0.2) is 4.98 Å². The zero-order chi connectivity index (χ0) is 11.8. The van der Waals surface area contributed by atoms with Gasteiger partial charge in [-0.2, -0.15) is 13.2 Å². The molecule has 1 fully saturated rings. The maximum absolute atomic E-state index is 12.4. The van der Waals surface area contributed by atoms with E-state index in [2.05, 4.69) is 4.98 Å². The molecule has 0 spiro atoms. The van der Waals surface area contributed by atoms with E-state index >= 15 is 0 Å². The number of aromatic nitrogens is 1. The maximum Gasteiger partial charge on any atom is 0.433 e. The predicted molar refractivity (Wildman–Crippen MR) is 50.8 cm³/mol. The minimum atomic E-state index is -4.44. The summed E-state index contributed by atoms with van der Waals surface area (Å²) in [7, 11) is 0. The topological polar surface area (TPSA) is 48.1 Å². The average Bonchev–Trinajstić information content (AvgIpc) is 3.00. The van der Waals surface area contributed by atoms with Gasteiger partial charge in [0.05, 0.1) is 11.8 Å². The molecule has 1 saturated carbocycles. The van der Waals surface area contributed by atoms with Crippen molar-refractivity contribution in [3.05, 3.63) is 23.5 Å². The van der Waals surface area contributed by atoms with Crippen LogP contribution in [0, 0.1) is 0 Å². The zero-order valence-corrected chi connectivity index (χ0v) is 8.42. The number of hydrogen-bond donors (Lipinski definition) is 1. The van der Waals surface area contributed by atoms with Crippen molar-refractivity contribution in [3.63, 3.8) is 0 Å². The van der Waals surface area contributed by atoms with E-state index in [1.165, 1.54) is 6.07 Å². The molecule has 2 N–H and O–H groups in total. The zero-order valence-electron chi connectivity index (χ0n) is 8.42. The molecule has 2 rings (SSSR count). The Morgan fingerprint density at radius 3 is 2.56 bits per heavy atom. The van der Waals surface area contributed by atoms with E-state index in [1.54, 1.807) is 0 Å². The summed E-state index contributed by atoms with van der Waals surface area (Å²) in [5.74, 6) is 0.359. The van der Waals surface area contributed by atoms with Crippen LogP contribution in [-0.2, 0) is 12.7 Å². The highest BCUT2D eigenvalue weighted by atomic mass is 19.4. The highest BCUT2D eigenvalue weighted by Crippen LogP contribution is 2.32. The van der Waals surface area contributed by atoms with Crippen LogP contribution in [0.5, 0.6) is 5.75 Å². The molecule has 0 bridgehead atoms. The summed E-state index contributed by atoms with van der Waals surface area (Å²) in [4.78, 5) is 3.47. The Morgan fingerprint density at radius 1 is 1.38 bits per heavy atom. The molecule has 0 unspecified atom stereocenters. The second kappa shape index (κ2) is 3.93. The van der Waals surface area contributed by atoms with Gasteiger partial charge in [-0.05, 0) is 25.0 Å². The molecule has 1 aliphatic rings. The van der Waals surface area contributed by atoms with Crippen molar-refractivity contribution in [3.8, 4) is 5.75 Å². The summed E-state index contributed by atoms with van der Waals surface area (Å²) in [6.07, 6.45) is -2.46. The van der Waals surface area contributed by atoms with Crippen LogP contribution in [0.15, 0.2) is 12.1 Å². The summed E-state index contributed by atoms with van der Waals surface area (Å²) in [6, 6.07) is 2.20. The monoisotopic (exact) mass is 232 g/mol. The molecule has 1 aromatic heterocycles. The fraction of sp³-hybridized carbons (Fsp3) is 0.500. The third-order valence-corrected chi connectivity index (χ3v) is 2.23. The maximum atomic E-state index is 12.4. The molecular weight excluding hydrogens is 221 g/mol. The number of alkyl halides is 3. The largest absolute Gasteiger partial charge is 0.488 e. The molecule has 0 amide bonds. The Hall–Kier alpha value is -1.30. The van der Waals surface area contributed by atoms with Crippen LogP contribution in [0.4, 0.5) is 13.2 Å². The van der Waals surface area contributed by atoms with Crippen molar-refractivity contribution in [1.29, 1.82) is 0 Å². The van der Waals surface area contributed by atoms with Crippen LogP contribution in [-0.4, -0.2) is 11.1 Å². The van der Waals surface area contributed by atoms with Crippen LogP contribution in [0.25, 0.3) is 0 Å². The van der Waals surface area contributed by atoms with Crippen molar-refractivity contribution in [2.24, 2.45) is 5.73 Å². The Bertz CT molecular complexity index is 388. The Morgan fingerprint density at radius 2 is 2.06 bits per heavy atom. The predicted octanol–water partition coefficient (Wildman–Crippen LogP) is 2.10. The van der Waals surface area contributed by atoms with Crippen molar-refractivity contribution in [2.45, 2.75) is 31.7 Å². The number of rotatable bonds is 3. The molecule has 88 valence electrons. The van der Waals surface area contributed by atoms with Gasteiger partial charge in [0.1, 0.15) is 11.4 Å². The van der Waals surface area contributed by atoms with Crippen LogP contribution < -0.4 is 10.5 Å². The van der Waals surface area contributed by atoms with Crippen LogP contribution in [0.1, 0.15) is 24.2 Å². The highest BCUT2D eigenvalue weighted by Gasteiger charge is 2.33. The van der Waals surface area contributed by atoms with Gasteiger partial charge in [-0.1, -0.05) is 0 Å². The van der Waals surface area contributed by atoms with Gasteiger partial charge < -0.3 is 10.5 Å². The van der Waals surface area contributed by atoms with Crippen molar-refractivity contribution in [1.82, 2.24) is 4.98 Å². The standard InChI is InChI=1S/C10H11F3N2O/c11-10(12,13)9-4-3-8(7(5-14)15-9)16-6-1-2-6/h3-4,6H,1-2,5,14H2. The number of hydrogen-bond acceptors (Lipinski definition) is 3. The van der Waals surface area contributed by atoms with Gasteiger partial charge in [0.2, 0.25) is 0 Å². The average molecular weight is 232 g/mol. The smallest absolute Gasteiger partial charge is 0.433 e. The van der Waals surface area contributed by atoms with Crippen molar-refractivity contribution in [2.75, 3.05) is 0 Å². The lowest BCUT2D eigenvalue weighted by molar-refractivity contribution is -0.141. The van der Waals surface area contributed by atoms with Gasteiger partial charge in [0.15, 0.2) is 0 Å². The van der Waals surface area contributed by atoms with E-state index in [1.807, 2.05) is 0 Å². The normalized spacial score (nSPS) is 16.2. The lowest BCUT2D eigenvalue weighted by Crippen LogP contribution is -2.13. The second-order valence-electron chi connectivity index (χ2n) is 3.66. The van der Waals surface area contributed by atoms with Gasteiger partial charge in [-0.15, -0.1) is 0 Å². The second-order valence-corrected chi connectivity index (χ2v) is 3.66. The van der Waals surface area contributed by atoms with Gasteiger partial charge in [0, 0.05) is 6.54 Å². The molecule has 1 aromatic rings. The fourth-order valence-corrected chi connectivity index (χ4v) is 1.27. The number of nitrogens with two attached hydrogens (primary N) is 1. The summed E-state index contributed by atoms with van der Waals surface area (Å²) in [5, 5.41) is 0.